The maximum atomic E-state index is 5.96. The third-order valence-electron chi connectivity index (χ3n) is 3.74. The topological polar surface area (TPSA) is 24.9 Å². The van der Waals surface area contributed by atoms with Crippen molar-refractivity contribution in [1.82, 2.24) is 9.80 Å². The molecule has 0 aliphatic heterocycles. The van der Waals surface area contributed by atoms with Gasteiger partial charge < -0.3 is 0 Å². The minimum atomic E-state index is 0.156. The van der Waals surface area contributed by atoms with Crippen LogP contribution in [0.15, 0.2) is 0 Å². The first-order chi connectivity index (χ1) is 10.2. The van der Waals surface area contributed by atoms with Crippen LogP contribution in [0.2, 0.25) is 0 Å². The SMILES string of the molecule is CCCC([O][Ni][O]C(CCC)N(CC)CC)N(CC)CC. The van der Waals surface area contributed by atoms with Crippen LogP contribution >= 0.6 is 0 Å². The van der Waals surface area contributed by atoms with E-state index >= 15 is 0 Å². The van der Waals surface area contributed by atoms with Gasteiger partial charge in [-0.15, -0.1) is 0 Å². The molecule has 2 unspecified atom stereocenters. The van der Waals surface area contributed by atoms with E-state index in [0.29, 0.717) is 0 Å². The fourth-order valence-electron chi connectivity index (χ4n) is 2.38. The minimum absolute atomic E-state index is 0.156. The third-order valence-corrected chi connectivity index (χ3v) is 4.47. The van der Waals surface area contributed by atoms with Crippen LogP contribution in [0.5, 0.6) is 0 Å². The Kier molecular flexibility index (Phi) is 14.2. The molecule has 0 amide bonds. The van der Waals surface area contributed by atoms with Gasteiger partial charge in [0.05, 0.1) is 0 Å². The van der Waals surface area contributed by atoms with Crippen LogP contribution in [-0.4, -0.2) is 48.4 Å². The summed E-state index contributed by atoms with van der Waals surface area (Å²) in [5.41, 5.74) is 0. The van der Waals surface area contributed by atoms with Crippen LogP contribution in [0.1, 0.15) is 67.2 Å². The number of hydrogen-bond donors (Lipinski definition) is 0. The molecule has 0 bridgehead atoms. The van der Waals surface area contributed by atoms with Crippen molar-refractivity contribution in [3.05, 3.63) is 0 Å². The molecule has 132 valence electrons. The zero-order valence-electron chi connectivity index (χ0n) is 14.8. The molecule has 0 aliphatic carbocycles. The van der Waals surface area contributed by atoms with E-state index in [0.717, 1.165) is 66.9 Å². The van der Waals surface area contributed by atoms with Gasteiger partial charge in [-0.25, -0.2) is 0 Å². The van der Waals surface area contributed by atoms with Gasteiger partial charge in [0.2, 0.25) is 0 Å². The van der Waals surface area contributed by atoms with Crippen molar-refractivity contribution in [2.75, 3.05) is 26.2 Å². The molecule has 0 N–H and O–H groups in total. The summed E-state index contributed by atoms with van der Waals surface area (Å²) in [5.74, 6) is 0. The van der Waals surface area contributed by atoms with Crippen molar-refractivity contribution in [2.45, 2.75) is 79.7 Å². The van der Waals surface area contributed by atoms with E-state index in [2.05, 4.69) is 51.3 Å². The van der Waals surface area contributed by atoms with Crippen molar-refractivity contribution in [2.24, 2.45) is 0 Å². The van der Waals surface area contributed by atoms with Gasteiger partial charge in [0.25, 0.3) is 0 Å². The second kappa shape index (κ2) is 14.0. The predicted octanol–water partition coefficient (Wildman–Crippen LogP) is 3.87. The van der Waals surface area contributed by atoms with Gasteiger partial charge >= 0.3 is 139 Å². The van der Waals surface area contributed by atoms with Gasteiger partial charge in [0, 0.05) is 0 Å². The summed E-state index contributed by atoms with van der Waals surface area (Å²) in [6, 6.07) is 0. The molecule has 0 aliphatic rings. The molecule has 0 aromatic heterocycles. The molecular formula is C16H36N2NiO2. The summed E-state index contributed by atoms with van der Waals surface area (Å²) in [7, 11) is 0. The standard InChI is InChI=1S/2C8H18NO.Ni/c2*1-4-7-8(10)9(5-2)6-3;/h2*8H,4-7H2,1-3H3;/q2*-1;+2. The van der Waals surface area contributed by atoms with Crippen LogP contribution in [-0.2, 0) is 22.8 Å². The van der Waals surface area contributed by atoms with Gasteiger partial charge in [-0.3, -0.25) is 0 Å². The molecule has 0 aromatic rings. The van der Waals surface area contributed by atoms with E-state index in [1.54, 1.807) is 0 Å². The van der Waals surface area contributed by atoms with E-state index in [9.17, 15) is 0 Å². The van der Waals surface area contributed by atoms with Crippen LogP contribution in [0, 0.1) is 0 Å². The second-order valence-corrected chi connectivity index (χ2v) is 5.76. The van der Waals surface area contributed by atoms with Crippen LogP contribution in [0.4, 0.5) is 0 Å². The van der Waals surface area contributed by atoms with Crippen molar-refractivity contribution in [3.8, 4) is 0 Å². The summed E-state index contributed by atoms with van der Waals surface area (Å²) < 4.78 is 11.9. The molecule has 0 saturated carbocycles. The van der Waals surface area contributed by atoms with Gasteiger partial charge in [0.1, 0.15) is 0 Å². The second-order valence-electron chi connectivity index (χ2n) is 5.13. The van der Waals surface area contributed by atoms with Crippen molar-refractivity contribution >= 4 is 0 Å². The molecule has 0 spiro atoms. The fraction of sp³-hybridized carbons (Fsp3) is 1.00. The van der Waals surface area contributed by atoms with Gasteiger partial charge in [-0.2, -0.15) is 0 Å². The van der Waals surface area contributed by atoms with Crippen LogP contribution < -0.4 is 0 Å². The molecule has 4 nitrogen and oxygen atoms in total. The van der Waals surface area contributed by atoms with E-state index in [4.69, 9.17) is 7.76 Å². The molecule has 0 radical (unpaired) electrons. The Morgan fingerprint density at radius 3 is 1.24 bits per heavy atom. The van der Waals surface area contributed by atoms with Crippen LogP contribution in [0.3, 0.4) is 0 Å². The Balaban J connectivity index is 4.36. The quantitative estimate of drug-likeness (QED) is 0.352. The monoisotopic (exact) mass is 346 g/mol. The number of rotatable bonds is 14. The molecular weight excluding hydrogens is 311 g/mol. The molecule has 21 heavy (non-hydrogen) atoms. The summed E-state index contributed by atoms with van der Waals surface area (Å²) in [6.07, 6.45) is 4.66. The average Bonchev–Trinajstić information content (AvgIpc) is 2.49. The summed E-state index contributed by atoms with van der Waals surface area (Å²) in [6.45, 7) is 17.2. The van der Waals surface area contributed by atoms with Gasteiger partial charge in [-0.05, 0) is 0 Å². The summed E-state index contributed by atoms with van der Waals surface area (Å²) in [4.78, 5) is 4.69. The number of nitrogens with zero attached hydrogens (tertiary/aromatic N) is 2. The van der Waals surface area contributed by atoms with Crippen molar-refractivity contribution in [3.63, 3.8) is 0 Å². The zero-order valence-corrected chi connectivity index (χ0v) is 15.8. The zero-order chi connectivity index (χ0) is 16.1. The Labute approximate surface area is 139 Å². The van der Waals surface area contributed by atoms with E-state index in [1.807, 2.05) is 0 Å². The average molecular weight is 347 g/mol. The molecule has 0 fully saturated rings. The van der Waals surface area contributed by atoms with Gasteiger partial charge in [-0.1, -0.05) is 0 Å². The van der Waals surface area contributed by atoms with Crippen LogP contribution in [0.25, 0.3) is 0 Å². The first-order valence-corrected chi connectivity index (χ1v) is 9.38. The van der Waals surface area contributed by atoms with E-state index in [-0.39, 0.29) is 12.5 Å². The normalized spacial score (nSPS) is 15.0. The predicted molar refractivity (Wildman–Crippen MR) is 85.4 cm³/mol. The molecule has 5 heteroatoms. The maximum absolute atomic E-state index is 5.96. The third kappa shape index (κ3) is 8.51. The Bertz CT molecular complexity index is 202. The Morgan fingerprint density at radius 2 is 1.00 bits per heavy atom. The first kappa shape index (κ1) is 21.3. The van der Waals surface area contributed by atoms with Gasteiger partial charge in [0.15, 0.2) is 0 Å². The summed E-state index contributed by atoms with van der Waals surface area (Å²) >= 11 is 0.986. The Morgan fingerprint density at radius 1 is 0.667 bits per heavy atom. The molecule has 0 aromatic carbocycles. The molecule has 0 heterocycles. The molecule has 2 atom stereocenters. The fourth-order valence-corrected chi connectivity index (χ4v) is 3.18. The Hall–Kier alpha value is 0.334. The number of hydrogen-bond acceptors (Lipinski definition) is 4. The molecule has 0 rings (SSSR count). The first-order valence-electron chi connectivity index (χ1n) is 8.57. The van der Waals surface area contributed by atoms with Crippen molar-refractivity contribution in [1.29, 1.82) is 0 Å². The van der Waals surface area contributed by atoms with E-state index in [1.165, 1.54) is 0 Å². The summed E-state index contributed by atoms with van der Waals surface area (Å²) in [5, 5.41) is 0. The van der Waals surface area contributed by atoms with E-state index < -0.39 is 0 Å². The van der Waals surface area contributed by atoms with Crippen molar-refractivity contribution < 1.29 is 22.8 Å². The molecule has 0 saturated heterocycles.